The van der Waals surface area contributed by atoms with Crippen LogP contribution in [0.15, 0.2) is 12.1 Å². The molecule has 1 unspecified atom stereocenters. The predicted octanol–water partition coefficient (Wildman–Crippen LogP) is 2.74. The quantitative estimate of drug-likeness (QED) is 0.911. The standard InChI is InChI=1S/C14H18ClFN4O/c1-7(2)6-18-13(21)8(3)20-12-4-9(15)10(16)5-11(12)19-14(20)17/h4-5,7-8H,6H2,1-3H3,(H2,17,19)(H,18,21). The molecule has 0 radical (unpaired) electrons. The Bertz CT molecular complexity index is 683. The lowest BCUT2D eigenvalue weighted by molar-refractivity contribution is -0.123. The highest BCUT2D eigenvalue weighted by Crippen LogP contribution is 2.27. The molecule has 2 aromatic rings. The number of anilines is 1. The highest BCUT2D eigenvalue weighted by molar-refractivity contribution is 6.31. The van der Waals surface area contributed by atoms with E-state index >= 15 is 0 Å². The zero-order valence-electron chi connectivity index (χ0n) is 12.2. The fourth-order valence-corrected chi connectivity index (χ4v) is 2.24. The van der Waals surface area contributed by atoms with Crippen LogP contribution in [-0.2, 0) is 4.79 Å². The number of halogens is 2. The van der Waals surface area contributed by atoms with Gasteiger partial charge in [0.15, 0.2) is 0 Å². The molecule has 1 aromatic carbocycles. The first kappa shape index (κ1) is 15.6. The van der Waals surface area contributed by atoms with Gasteiger partial charge in [-0.25, -0.2) is 9.37 Å². The second-order valence-electron chi connectivity index (χ2n) is 5.41. The molecule has 2 rings (SSSR count). The first-order valence-corrected chi connectivity index (χ1v) is 7.09. The molecule has 0 spiro atoms. The summed E-state index contributed by atoms with van der Waals surface area (Å²) in [5, 5.41) is 2.81. The van der Waals surface area contributed by atoms with Crippen LogP contribution in [-0.4, -0.2) is 22.0 Å². The fraction of sp³-hybridized carbons (Fsp3) is 0.429. The molecule has 5 nitrogen and oxygen atoms in total. The van der Waals surface area contributed by atoms with E-state index in [4.69, 9.17) is 17.3 Å². The minimum Gasteiger partial charge on any atom is -0.369 e. The van der Waals surface area contributed by atoms with Crippen molar-refractivity contribution >= 4 is 34.5 Å². The van der Waals surface area contributed by atoms with Gasteiger partial charge in [0.2, 0.25) is 11.9 Å². The Balaban J connectivity index is 2.39. The average Bonchev–Trinajstić information content (AvgIpc) is 2.71. The number of rotatable bonds is 4. The number of benzene rings is 1. The van der Waals surface area contributed by atoms with Gasteiger partial charge >= 0.3 is 0 Å². The third-order valence-corrected chi connectivity index (χ3v) is 3.50. The molecular weight excluding hydrogens is 295 g/mol. The summed E-state index contributed by atoms with van der Waals surface area (Å²) in [5.41, 5.74) is 6.76. The number of hydrogen-bond donors (Lipinski definition) is 2. The Morgan fingerprint density at radius 3 is 2.76 bits per heavy atom. The van der Waals surface area contributed by atoms with Crippen LogP contribution in [0.5, 0.6) is 0 Å². The fourth-order valence-electron chi connectivity index (χ4n) is 2.09. The van der Waals surface area contributed by atoms with E-state index in [0.717, 1.165) is 0 Å². The first-order valence-electron chi connectivity index (χ1n) is 6.71. The number of amides is 1. The van der Waals surface area contributed by atoms with Gasteiger partial charge in [-0.05, 0) is 18.9 Å². The van der Waals surface area contributed by atoms with Gasteiger partial charge in [0, 0.05) is 12.6 Å². The van der Waals surface area contributed by atoms with Crippen LogP contribution >= 0.6 is 11.6 Å². The molecule has 1 atom stereocenters. The van der Waals surface area contributed by atoms with Gasteiger partial charge in [-0.15, -0.1) is 0 Å². The van der Waals surface area contributed by atoms with Crippen molar-refractivity contribution in [2.45, 2.75) is 26.8 Å². The number of fused-ring (bicyclic) bond motifs is 1. The highest BCUT2D eigenvalue weighted by atomic mass is 35.5. The Morgan fingerprint density at radius 2 is 2.14 bits per heavy atom. The maximum atomic E-state index is 13.5. The highest BCUT2D eigenvalue weighted by Gasteiger charge is 2.21. The third kappa shape index (κ3) is 3.10. The number of nitrogens with two attached hydrogens (primary N) is 1. The zero-order chi connectivity index (χ0) is 15.7. The van der Waals surface area contributed by atoms with Crippen molar-refractivity contribution in [1.29, 1.82) is 0 Å². The van der Waals surface area contributed by atoms with E-state index in [9.17, 15) is 9.18 Å². The molecule has 0 fully saturated rings. The lowest BCUT2D eigenvalue weighted by Crippen LogP contribution is -2.33. The summed E-state index contributed by atoms with van der Waals surface area (Å²) in [4.78, 5) is 16.2. The molecular formula is C14H18ClFN4O. The lowest BCUT2D eigenvalue weighted by Gasteiger charge is -2.17. The molecule has 0 bridgehead atoms. The maximum Gasteiger partial charge on any atom is 0.242 e. The normalized spacial score (nSPS) is 12.9. The molecule has 114 valence electrons. The summed E-state index contributed by atoms with van der Waals surface area (Å²) in [7, 11) is 0. The van der Waals surface area contributed by atoms with Gasteiger partial charge in [0.05, 0.1) is 16.1 Å². The topological polar surface area (TPSA) is 72.9 Å². The smallest absolute Gasteiger partial charge is 0.242 e. The molecule has 1 amide bonds. The SMILES string of the molecule is CC(C)CNC(=O)C(C)n1c(N)nc2cc(F)c(Cl)cc21. The molecule has 0 aliphatic heterocycles. The third-order valence-electron chi connectivity index (χ3n) is 3.21. The predicted molar refractivity (Wildman–Crippen MR) is 81.7 cm³/mol. The van der Waals surface area contributed by atoms with E-state index in [1.165, 1.54) is 12.1 Å². The van der Waals surface area contributed by atoms with Crippen LogP contribution in [0, 0.1) is 11.7 Å². The Kier molecular flexibility index (Phi) is 4.37. The molecule has 1 heterocycles. The molecule has 7 heteroatoms. The van der Waals surface area contributed by atoms with Crippen molar-refractivity contribution < 1.29 is 9.18 Å². The second kappa shape index (κ2) is 5.89. The minimum absolute atomic E-state index is 0.0292. The van der Waals surface area contributed by atoms with E-state index < -0.39 is 11.9 Å². The zero-order valence-corrected chi connectivity index (χ0v) is 12.9. The van der Waals surface area contributed by atoms with Gasteiger partial charge < -0.3 is 11.1 Å². The van der Waals surface area contributed by atoms with Crippen molar-refractivity contribution in [2.75, 3.05) is 12.3 Å². The van der Waals surface area contributed by atoms with E-state index in [0.29, 0.717) is 23.5 Å². The number of nitrogens with one attached hydrogen (secondary N) is 1. The monoisotopic (exact) mass is 312 g/mol. The summed E-state index contributed by atoms with van der Waals surface area (Å²) in [6.07, 6.45) is 0. The van der Waals surface area contributed by atoms with Crippen molar-refractivity contribution in [3.63, 3.8) is 0 Å². The number of imidazole rings is 1. The average molecular weight is 313 g/mol. The van der Waals surface area contributed by atoms with Crippen LogP contribution in [0.3, 0.4) is 0 Å². The van der Waals surface area contributed by atoms with Crippen molar-refractivity contribution in [3.05, 3.63) is 23.0 Å². The van der Waals surface area contributed by atoms with Crippen molar-refractivity contribution in [2.24, 2.45) is 5.92 Å². The summed E-state index contributed by atoms with van der Waals surface area (Å²) < 4.78 is 15.0. The van der Waals surface area contributed by atoms with Crippen LogP contribution < -0.4 is 11.1 Å². The van der Waals surface area contributed by atoms with Crippen LogP contribution in [0.2, 0.25) is 5.02 Å². The molecule has 3 N–H and O–H groups in total. The Labute approximate surface area is 127 Å². The molecule has 0 saturated carbocycles. The molecule has 1 aromatic heterocycles. The van der Waals surface area contributed by atoms with Gasteiger partial charge in [-0.1, -0.05) is 25.4 Å². The Morgan fingerprint density at radius 1 is 1.48 bits per heavy atom. The second-order valence-corrected chi connectivity index (χ2v) is 5.82. The summed E-state index contributed by atoms with van der Waals surface area (Å²) in [6.45, 7) is 6.30. The van der Waals surface area contributed by atoms with Crippen LogP contribution in [0.4, 0.5) is 10.3 Å². The molecule has 0 aliphatic carbocycles. The number of nitrogens with zero attached hydrogens (tertiary/aromatic N) is 2. The minimum atomic E-state index is -0.564. The molecule has 21 heavy (non-hydrogen) atoms. The van der Waals surface area contributed by atoms with Crippen molar-refractivity contribution in [1.82, 2.24) is 14.9 Å². The number of hydrogen-bond acceptors (Lipinski definition) is 3. The van der Waals surface area contributed by atoms with E-state index in [-0.39, 0.29) is 16.9 Å². The van der Waals surface area contributed by atoms with E-state index in [1.807, 2.05) is 13.8 Å². The largest absolute Gasteiger partial charge is 0.369 e. The number of carbonyl (C=O) groups is 1. The van der Waals surface area contributed by atoms with Gasteiger partial charge in [-0.3, -0.25) is 9.36 Å². The van der Waals surface area contributed by atoms with Crippen LogP contribution in [0.1, 0.15) is 26.8 Å². The Hall–Kier alpha value is -1.82. The lowest BCUT2D eigenvalue weighted by atomic mass is 10.2. The molecule has 0 aliphatic rings. The maximum absolute atomic E-state index is 13.5. The van der Waals surface area contributed by atoms with E-state index in [2.05, 4.69) is 10.3 Å². The van der Waals surface area contributed by atoms with E-state index in [1.54, 1.807) is 11.5 Å². The van der Waals surface area contributed by atoms with Crippen molar-refractivity contribution in [3.8, 4) is 0 Å². The number of aromatic nitrogens is 2. The van der Waals surface area contributed by atoms with Gasteiger partial charge in [0.25, 0.3) is 0 Å². The van der Waals surface area contributed by atoms with Gasteiger partial charge in [0.1, 0.15) is 11.9 Å². The number of nitrogen functional groups attached to an aromatic ring is 1. The molecule has 0 saturated heterocycles. The van der Waals surface area contributed by atoms with Crippen LogP contribution in [0.25, 0.3) is 11.0 Å². The summed E-state index contributed by atoms with van der Waals surface area (Å²) in [6, 6.07) is 2.08. The summed E-state index contributed by atoms with van der Waals surface area (Å²) >= 11 is 5.80. The van der Waals surface area contributed by atoms with Gasteiger partial charge in [-0.2, -0.15) is 0 Å². The summed E-state index contributed by atoms with van der Waals surface area (Å²) in [5.74, 6) is -0.235. The number of carbonyl (C=O) groups excluding carboxylic acids is 1. The first-order chi connectivity index (χ1) is 9.81.